The Balaban J connectivity index is 1.54. The van der Waals surface area contributed by atoms with E-state index in [9.17, 15) is 23.7 Å². The zero-order valence-corrected chi connectivity index (χ0v) is 19.0. The maximum Gasteiger partial charge on any atom is 0.233 e. The van der Waals surface area contributed by atoms with Crippen molar-refractivity contribution in [1.82, 2.24) is 19.3 Å². The van der Waals surface area contributed by atoms with E-state index in [-0.39, 0.29) is 37.8 Å². The fourth-order valence-electron chi connectivity index (χ4n) is 3.75. The first kappa shape index (κ1) is 24.6. The van der Waals surface area contributed by atoms with Crippen LogP contribution in [-0.2, 0) is 21.2 Å². The molecule has 176 valence electrons. The molecule has 2 aromatic rings. The van der Waals surface area contributed by atoms with Gasteiger partial charge in [-0.15, -0.1) is 0 Å². The van der Waals surface area contributed by atoms with Crippen LogP contribution in [0, 0.1) is 11.3 Å². The number of nitriles is 1. The molecule has 3 rings (SSSR count). The van der Waals surface area contributed by atoms with Gasteiger partial charge in [0.1, 0.15) is 23.7 Å². The summed E-state index contributed by atoms with van der Waals surface area (Å²) in [4.78, 5) is 19.4. The van der Waals surface area contributed by atoms with Gasteiger partial charge in [0.15, 0.2) is 0 Å². The molecule has 1 aromatic carbocycles. The van der Waals surface area contributed by atoms with Crippen LogP contribution in [0.2, 0.25) is 0 Å². The van der Waals surface area contributed by atoms with Crippen LogP contribution in [0.3, 0.4) is 0 Å². The van der Waals surface area contributed by atoms with Gasteiger partial charge in [0, 0.05) is 31.9 Å². The fourth-order valence-corrected chi connectivity index (χ4v) is 5.53. The van der Waals surface area contributed by atoms with E-state index < -0.39 is 16.1 Å². The molecular formula is C22H27N5O5S. The van der Waals surface area contributed by atoms with Crippen molar-refractivity contribution in [2.24, 2.45) is 0 Å². The largest absolute Gasteiger partial charge is 0.489 e. The highest BCUT2D eigenvalue weighted by atomic mass is 32.2. The number of piperidine rings is 1. The van der Waals surface area contributed by atoms with Crippen LogP contribution >= 0.6 is 0 Å². The van der Waals surface area contributed by atoms with E-state index in [0.29, 0.717) is 47.9 Å². The fraction of sp³-hybridized carbons (Fsp3) is 0.455. The third-order valence-corrected chi connectivity index (χ3v) is 7.50. The first-order chi connectivity index (χ1) is 15.9. The molecule has 0 aliphatic carbocycles. The van der Waals surface area contributed by atoms with Crippen molar-refractivity contribution in [3.63, 3.8) is 0 Å². The lowest BCUT2D eigenvalue weighted by atomic mass is 10.1. The molecule has 1 aliphatic rings. The normalized spacial score (nSPS) is 16.0. The number of benzene rings is 1. The number of aryl methyl sites for hydroxylation is 1. The molecule has 0 radical (unpaired) electrons. The Hall–Kier alpha value is -3.07. The van der Waals surface area contributed by atoms with Crippen molar-refractivity contribution < 1.29 is 23.2 Å². The predicted octanol–water partition coefficient (Wildman–Crippen LogP) is 1.76. The summed E-state index contributed by atoms with van der Waals surface area (Å²) in [6.07, 6.45) is 5.55. The van der Waals surface area contributed by atoms with E-state index >= 15 is 0 Å². The second kappa shape index (κ2) is 11.7. The van der Waals surface area contributed by atoms with E-state index in [2.05, 4.69) is 16.0 Å². The van der Waals surface area contributed by atoms with Crippen LogP contribution in [-0.4, -0.2) is 70.4 Å². The zero-order chi connectivity index (χ0) is 23.7. The maximum absolute atomic E-state index is 13.0. The quantitative estimate of drug-likeness (QED) is 0.296. The van der Waals surface area contributed by atoms with Crippen molar-refractivity contribution in [3.8, 4) is 11.8 Å². The van der Waals surface area contributed by atoms with Crippen LogP contribution < -0.4 is 4.74 Å². The van der Waals surface area contributed by atoms with Crippen molar-refractivity contribution in [2.45, 2.75) is 44.2 Å². The number of amides is 1. The average molecular weight is 474 g/mol. The summed E-state index contributed by atoms with van der Waals surface area (Å²) in [5, 5.41) is 19.6. The van der Waals surface area contributed by atoms with Crippen molar-refractivity contribution in [2.75, 3.05) is 18.8 Å². The number of hydrogen-bond donors (Lipinski definition) is 1. The average Bonchev–Trinajstić information content (AvgIpc) is 2.84. The smallest absolute Gasteiger partial charge is 0.233 e. The summed E-state index contributed by atoms with van der Waals surface area (Å²) in [6, 6.07) is 9.87. The molecule has 1 saturated heterocycles. The minimum absolute atomic E-state index is 0.197. The van der Waals surface area contributed by atoms with Crippen LogP contribution in [0.1, 0.15) is 37.1 Å². The molecule has 1 atom stereocenters. The third-order valence-electron chi connectivity index (χ3n) is 5.54. The monoisotopic (exact) mass is 473 g/mol. The first-order valence-corrected chi connectivity index (χ1v) is 12.4. The minimum atomic E-state index is -3.71. The molecule has 2 heterocycles. The topological polar surface area (TPSA) is 137 Å². The van der Waals surface area contributed by atoms with Crippen LogP contribution in [0.25, 0.3) is 0 Å². The molecule has 1 fully saturated rings. The van der Waals surface area contributed by atoms with Gasteiger partial charge >= 0.3 is 0 Å². The highest BCUT2D eigenvalue weighted by Crippen LogP contribution is 2.24. The zero-order valence-electron chi connectivity index (χ0n) is 18.2. The van der Waals surface area contributed by atoms with Gasteiger partial charge < -0.3 is 4.74 Å². The van der Waals surface area contributed by atoms with Crippen LogP contribution in [0.15, 0.2) is 42.7 Å². The molecule has 1 aromatic heterocycles. The Kier molecular flexibility index (Phi) is 8.71. The summed E-state index contributed by atoms with van der Waals surface area (Å²) in [5.41, 5.74) is 0.438. The van der Waals surface area contributed by atoms with Crippen LogP contribution in [0.4, 0.5) is 0 Å². The van der Waals surface area contributed by atoms with Gasteiger partial charge in [-0.05, 0) is 43.9 Å². The molecular weight excluding hydrogens is 446 g/mol. The molecule has 33 heavy (non-hydrogen) atoms. The van der Waals surface area contributed by atoms with Gasteiger partial charge in [-0.3, -0.25) is 10.0 Å². The number of hydroxylamine groups is 2. The van der Waals surface area contributed by atoms with Crippen molar-refractivity contribution >= 4 is 16.4 Å². The molecule has 1 unspecified atom stereocenters. The van der Waals surface area contributed by atoms with Crippen LogP contribution in [0.5, 0.6) is 5.75 Å². The third kappa shape index (κ3) is 6.95. The second-order valence-electron chi connectivity index (χ2n) is 7.80. The Morgan fingerprint density at radius 3 is 2.61 bits per heavy atom. The number of ether oxygens (including phenoxy) is 1. The van der Waals surface area contributed by atoms with Gasteiger partial charge in [0.2, 0.25) is 16.4 Å². The number of carbonyl (C=O) groups excluding carboxylic acids is 1. The molecule has 1 aliphatic heterocycles. The lowest BCUT2D eigenvalue weighted by Gasteiger charge is -2.33. The van der Waals surface area contributed by atoms with Crippen molar-refractivity contribution in [1.29, 1.82) is 5.26 Å². The van der Waals surface area contributed by atoms with E-state index in [1.54, 1.807) is 42.7 Å². The Bertz CT molecular complexity index is 1050. The van der Waals surface area contributed by atoms with Gasteiger partial charge in [-0.25, -0.2) is 27.8 Å². The lowest BCUT2D eigenvalue weighted by molar-refractivity contribution is -0.158. The number of hydrogen-bond acceptors (Lipinski definition) is 8. The van der Waals surface area contributed by atoms with Crippen molar-refractivity contribution in [3.05, 3.63) is 54.1 Å². The van der Waals surface area contributed by atoms with Gasteiger partial charge in [0.25, 0.3) is 0 Å². The highest BCUT2D eigenvalue weighted by molar-refractivity contribution is 7.89. The summed E-state index contributed by atoms with van der Waals surface area (Å²) >= 11 is 0. The second-order valence-corrected chi connectivity index (χ2v) is 9.81. The molecule has 11 heteroatoms. The number of sulfonamides is 1. The minimum Gasteiger partial charge on any atom is -0.489 e. The molecule has 1 N–H and O–H groups in total. The standard InChI is InChI=1S/C22H27N5O5S/c23-15-18-5-1-2-7-21(18)32-20-9-13-26(14-10-20)33(30,31)16-19(27(29)17-28)6-3-8-22-24-11-4-12-25-22/h1-2,4-5,7,11-12,17,19-20,29H,3,6,8-10,13-14,16H2. The van der Waals surface area contributed by atoms with Gasteiger partial charge in [0.05, 0.1) is 17.4 Å². The Morgan fingerprint density at radius 2 is 1.94 bits per heavy atom. The van der Waals surface area contributed by atoms with Gasteiger partial charge in [-0.2, -0.15) is 5.26 Å². The molecule has 1 amide bonds. The SMILES string of the molecule is N#Cc1ccccc1OC1CCN(S(=O)(=O)CC(CCCc2ncccn2)N(O)C=O)CC1. The molecule has 0 spiro atoms. The first-order valence-electron chi connectivity index (χ1n) is 10.7. The number of nitrogens with zero attached hydrogens (tertiary/aromatic N) is 5. The highest BCUT2D eigenvalue weighted by Gasteiger charge is 2.32. The number of carbonyl (C=O) groups is 1. The summed E-state index contributed by atoms with van der Waals surface area (Å²) < 4.78 is 33.2. The van der Waals surface area contributed by atoms with E-state index in [4.69, 9.17) is 4.74 Å². The summed E-state index contributed by atoms with van der Waals surface area (Å²) in [5.74, 6) is 0.737. The lowest BCUT2D eigenvalue weighted by Crippen LogP contribution is -2.47. The molecule has 0 bridgehead atoms. The Labute approximate surface area is 193 Å². The van der Waals surface area contributed by atoms with E-state index in [0.717, 1.165) is 0 Å². The number of rotatable bonds is 11. The van der Waals surface area contributed by atoms with E-state index in [1.165, 1.54) is 4.31 Å². The Morgan fingerprint density at radius 1 is 1.24 bits per heavy atom. The maximum atomic E-state index is 13.0. The number of para-hydroxylation sites is 1. The molecule has 0 saturated carbocycles. The summed E-state index contributed by atoms with van der Waals surface area (Å²) in [7, 11) is -3.71. The van der Waals surface area contributed by atoms with E-state index in [1.807, 2.05) is 0 Å². The summed E-state index contributed by atoms with van der Waals surface area (Å²) in [6.45, 7) is 0.525. The number of aromatic nitrogens is 2. The van der Waals surface area contributed by atoms with Gasteiger partial charge in [-0.1, -0.05) is 12.1 Å². The molecule has 10 nitrogen and oxygen atoms in total. The predicted molar refractivity (Wildman–Crippen MR) is 119 cm³/mol.